The van der Waals surface area contributed by atoms with Crippen molar-refractivity contribution in [1.29, 1.82) is 0 Å². The second-order valence-electron chi connectivity index (χ2n) is 6.37. The molecule has 1 fully saturated rings. The van der Waals surface area contributed by atoms with E-state index in [1.54, 1.807) is 18.0 Å². The van der Waals surface area contributed by atoms with Gasteiger partial charge in [0.05, 0.1) is 0 Å². The fourth-order valence-corrected chi connectivity index (χ4v) is 3.32. The maximum absolute atomic E-state index is 12.5. The number of aryl methyl sites for hydroxylation is 1. The van der Waals surface area contributed by atoms with E-state index in [4.69, 9.17) is 0 Å². The molecule has 0 aliphatic carbocycles. The molecule has 7 heteroatoms. The van der Waals surface area contributed by atoms with Gasteiger partial charge in [-0.05, 0) is 44.2 Å². The number of aromatic nitrogens is 2. The molecule has 1 atom stereocenters. The summed E-state index contributed by atoms with van der Waals surface area (Å²) in [6.07, 6.45) is 5.58. The van der Waals surface area contributed by atoms with Crippen molar-refractivity contribution in [3.05, 3.63) is 42.1 Å². The van der Waals surface area contributed by atoms with Crippen LogP contribution in [0.5, 0.6) is 0 Å². The predicted molar refractivity (Wildman–Crippen MR) is 108 cm³/mol. The van der Waals surface area contributed by atoms with Gasteiger partial charge in [0.15, 0.2) is 0 Å². The average Bonchev–Trinajstić information content (AvgIpc) is 3.14. The number of benzene rings is 1. The molecule has 1 unspecified atom stereocenters. The first-order valence-electron chi connectivity index (χ1n) is 8.87. The molecular formula is C19H25N5OS. The lowest BCUT2D eigenvalue weighted by atomic mass is 10.2. The number of hydrogen-bond donors (Lipinski definition) is 2. The molecule has 2 N–H and O–H groups in total. The highest BCUT2D eigenvalue weighted by atomic mass is 32.2. The topological polar surface area (TPSA) is 70.2 Å². The molecule has 2 heterocycles. The highest BCUT2D eigenvalue weighted by Crippen LogP contribution is 2.24. The Labute approximate surface area is 158 Å². The fourth-order valence-electron chi connectivity index (χ4n) is 3.01. The lowest BCUT2D eigenvalue weighted by molar-refractivity contribution is -0.122. The van der Waals surface area contributed by atoms with Crippen LogP contribution in [-0.4, -0.2) is 47.0 Å². The molecule has 1 amide bonds. The highest BCUT2D eigenvalue weighted by molar-refractivity contribution is 7.98. The summed E-state index contributed by atoms with van der Waals surface area (Å²) in [5, 5.41) is 6.31. The van der Waals surface area contributed by atoms with Crippen LogP contribution in [0.1, 0.15) is 18.4 Å². The van der Waals surface area contributed by atoms with Crippen LogP contribution in [-0.2, 0) is 4.79 Å². The zero-order chi connectivity index (χ0) is 18.4. The summed E-state index contributed by atoms with van der Waals surface area (Å²) in [5.41, 5.74) is 2.19. The van der Waals surface area contributed by atoms with Gasteiger partial charge in [-0.25, -0.2) is 4.98 Å². The SMILES string of the molecule is CSCCNC(=O)C1CCCN1c1nccc(Nc2ccc(C)cc2)n1. The maximum Gasteiger partial charge on any atom is 0.242 e. The third-order valence-electron chi connectivity index (χ3n) is 4.38. The summed E-state index contributed by atoms with van der Waals surface area (Å²) in [6.45, 7) is 3.55. The third kappa shape index (κ3) is 4.66. The molecule has 1 saturated heterocycles. The standard InChI is InChI=1S/C19H25N5OS/c1-14-5-7-15(8-6-14)22-17-9-10-21-19(23-17)24-12-3-4-16(24)18(25)20-11-13-26-2/h5-10,16H,3-4,11-13H2,1-2H3,(H,20,25)(H,21,22,23). The normalized spacial score (nSPS) is 16.5. The third-order valence-corrected chi connectivity index (χ3v) is 5.00. The van der Waals surface area contributed by atoms with E-state index < -0.39 is 0 Å². The number of amides is 1. The van der Waals surface area contributed by atoms with Gasteiger partial charge in [0, 0.05) is 30.7 Å². The molecule has 1 aromatic carbocycles. The van der Waals surface area contributed by atoms with Crippen LogP contribution in [0, 0.1) is 6.92 Å². The monoisotopic (exact) mass is 371 g/mol. The number of carbonyl (C=O) groups excluding carboxylic acids is 1. The van der Waals surface area contributed by atoms with E-state index in [1.807, 2.05) is 29.4 Å². The molecule has 0 spiro atoms. The quantitative estimate of drug-likeness (QED) is 0.729. The first kappa shape index (κ1) is 18.5. The van der Waals surface area contributed by atoms with E-state index in [9.17, 15) is 4.79 Å². The van der Waals surface area contributed by atoms with Crippen LogP contribution in [0.15, 0.2) is 36.5 Å². The summed E-state index contributed by atoms with van der Waals surface area (Å²) >= 11 is 1.73. The summed E-state index contributed by atoms with van der Waals surface area (Å²) in [5.74, 6) is 2.32. The molecule has 138 valence electrons. The Morgan fingerprint density at radius 2 is 2.12 bits per heavy atom. The van der Waals surface area contributed by atoms with Gasteiger partial charge < -0.3 is 15.5 Å². The van der Waals surface area contributed by atoms with Crippen molar-refractivity contribution < 1.29 is 4.79 Å². The van der Waals surface area contributed by atoms with Crippen molar-refractivity contribution in [2.24, 2.45) is 0 Å². The fraction of sp³-hybridized carbons (Fsp3) is 0.421. The molecule has 1 aliphatic rings. The number of nitrogens with one attached hydrogen (secondary N) is 2. The lowest BCUT2D eigenvalue weighted by Crippen LogP contribution is -2.44. The molecule has 2 aromatic rings. The number of rotatable bonds is 7. The number of thioether (sulfide) groups is 1. The van der Waals surface area contributed by atoms with E-state index in [0.29, 0.717) is 12.5 Å². The Morgan fingerprint density at radius 1 is 1.31 bits per heavy atom. The summed E-state index contributed by atoms with van der Waals surface area (Å²) in [4.78, 5) is 23.5. The first-order valence-corrected chi connectivity index (χ1v) is 10.3. The molecular weight excluding hydrogens is 346 g/mol. The van der Waals surface area contributed by atoms with Crippen molar-refractivity contribution in [3.8, 4) is 0 Å². The van der Waals surface area contributed by atoms with Gasteiger partial charge in [-0.15, -0.1) is 0 Å². The largest absolute Gasteiger partial charge is 0.353 e. The molecule has 26 heavy (non-hydrogen) atoms. The zero-order valence-corrected chi connectivity index (χ0v) is 16.1. The Kier molecular flexibility index (Phi) is 6.33. The van der Waals surface area contributed by atoms with Crippen molar-refractivity contribution in [2.75, 3.05) is 35.3 Å². The van der Waals surface area contributed by atoms with Crippen molar-refractivity contribution in [3.63, 3.8) is 0 Å². The molecule has 6 nitrogen and oxygen atoms in total. The maximum atomic E-state index is 12.5. The summed E-state index contributed by atoms with van der Waals surface area (Å²) < 4.78 is 0. The molecule has 0 saturated carbocycles. The molecule has 3 rings (SSSR count). The number of nitrogens with zero attached hydrogens (tertiary/aromatic N) is 3. The summed E-state index contributed by atoms with van der Waals surface area (Å²) in [7, 11) is 0. The van der Waals surface area contributed by atoms with Gasteiger partial charge in [-0.1, -0.05) is 17.7 Å². The van der Waals surface area contributed by atoms with Crippen LogP contribution in [0.2, 0.25) is 0 Å². The Hall–Kier alpha value is -2.28. The van der Waals surface area contributed by atoms with Crippen molar-refractivity contribution >= 4 is 35.1 Å². The lowest BCUT2D eigenvalue weighted by Gasteiger charge is -2.24. The van der Waals surface area contributed by atoms with Crippen LogP contribution < -0.4 is 15.5 Å². The van der Waals surface area contributed by atoms with Gasteiger partial charge in [0.1, 0.15) is 11.9 Å². The average molecular weight is 372 g/mol. The van der Waals surface area contributed by atoms with E-state index in [-0.39, 0.29) is 11.9 Å². The van der Waals surface area contributed by atoms with Crippen LogP contribution in [0.25, 0.3) is 0 Å². The van der Waals surface area contributed by atoms with E-state index >= 15 is 0 Å². The first-order chi connectivity index (χ1) is 12.7. The smallest absolute Gasteiger partial charge is 0.242 e. The minimum absolute atomic E-state index is 0.0667. The van der Waals surface area contributed by atoms with Crippen LogP contribution in [0.3, 0.4) is 0 Å². The van der Waals surface area contributed by atoms with E-state index in [0.717, 1.165) is 36.6 Å². The number of hydrogen-bond acceptors (Lipinski definition) is 6. The van der Waals surface area contributed by atoms with Crippen molar-refractivity contribution in [1.82, 2.24) is 15.3 Å². The Bertz CT molecular complexity index is 737. The molecule has 0 bridgehead atoms. The minimum Gasteiger partial charge on any atom is -0.353 e. The molecule has 0 radical (unpaired) electrons. The van der Waals surface area contributed by atoms with Gasteiger partial charge in [-0.3, -0.25) is 4.79 Å². The van der Waals surface area contributed by atoms with Crippen LogP contribution in [0.4, 0.5) is 17.5 Å². The van der Waals surface area contributed by atoms with Gasteiger partial charge >= 0.3 is 0 Å². The zero-order valence-electron chi connectivity index (χ0n) is 15.2. The molecule has 1 aliphatic heterocycles. The van der Waals surface area contributed by atoms with E-state index in [2.05, 4.69) is 39.7 Å². The Balaban J connectivity index is 1.70. The second-order valence-corrected chi connectivity index (χ2v) is 7.35. The van der Waals surface area contributed by atoms with Crippen molar-refractivity contribution in [2.45, 2.75) is 25.8 Å². The second kappa shape index (κ2) is 8.89. The Morgan fingerprint density at radius 3 is 2.88 bits per heavy atom. The highest BCUT2D eigenvalue weighted by Gasteiger charge is 2.32. The number of anilines is 3. The van der Waals surface area contributed by atoms with Gasteiger partial charge in [0.2, 0.25) is 11.9 Å². The predicted octanol–water partition coefficient (Wildman–Crippen LogP) is 2.98. The number of carbonyl (C=O) groups is 1. The van der Waals surface area contributed by atoms with Crippen LogP contribution >= 0.6 is 11.8 Å². The van der Waals surface area contributed by atoms with E-state index in [1.165, 1.54) is 5.56 Å². The minimum atomic E-state index is -0.188. The van der Waals surface area contributed by atoms with Gasteiger partial charge in [-0.2, -0.15) is 16.7 Å². The van der Waals surface area contributed by atoms with Gasteiger partial charge in [0.25, 0.3) is 0 Å². The summed E-state index contributed by atoms with van der Waals surface area (Å²) in [6, 6.07) is 9.81. The molecule has 1 aromatic heterocycles.